The Morgan fingerprint density at radius 3 is 2.82 bits per heavy atom. The molecule has 1 aliphatic heterocycles. The van der Waals surface area contributed by atoms with Gasteiger partial charge in [-0.05, 0) is 14.0 Å². The van der Waals surface area contributed by atoms with Crippen LogP contribution < -0.4 is 5.32 Å². The van der Waals surface area contributed by atoms with Crippen molar-refractivity contribution in [1.29, 1.82) is 0 Å². The van der Waals surface area contributed by atoms with Crippen molar-refractivity contribution in [3.63, 3.8) is 0 Å². The summed E-state index contributed by atoms with van der Waals surface area (Å²) in [4.78, 5) is 23.6. The van der Waals surface area contributed by atoms with Crippen molar-refractivity contribution < 1.29 is 9.59 Å². The standard InChI is InChI=1S/C7H12N2O2/c1-5(10)6-3-9(2)4-7(11)8-6/h6H,3-4H2,1-2H3,(H,8,11). The van der Waals surface area contributed by atoms with E-state index < -0.39 is 0 Å². The molecule has 4 heteroatoms. The van der Waals surface area contributed by atoms with E-state index in [2.05, 4.69) is 5.32 Å². The van der Waals surface area contributed by atoms with Crippen molar-refractivity contribution in [2.75, 3.05) is 20.1 Å². The Morgan fingerprint density at radius 2 is 2.36 bits per heavy atom. The largest absolute Gasteiger partial charge is 0.344 e. The Bertz CT molecular complexity index is 191. The van der Waals surface area contributed by atoms with E-state index in [1.807, 2.05) is 11.9 Å². The molecule has 1 amide bonds. The SMILES string of the molecule is CC(=O)C1CN(C)CC(=O)N1. The number of piperazine rings is 1. The van der Waals surface area contributed by atoms with Crippen LogP contribution in [0.4, 0.5) is 0 Å². The second kappa shape index (κ2) is 3.00. The minimum atomic E-state index is -0.304. The molecule has 1 N–H and O–H groups in total. The molecule has 1 rings (SSSR count). The number of nitrogens with one attached hydrogen (secondary N) is 1. The molecular weight excluding hydrogens is 144 g/mol. The number of hydrogen-bond donors (Lipinski definition) is 1. The van der Waals surface area contributed by atoms with Gasteiger partial charge in [0.05, 0.1) is 12.6 Å². The molecule has 0 saturated carbocycles. The van der Waals surface area contributed by atoms with E-state index in [1.54, 1.807) is 0 Å². The maximum atomic E-state index is 10.9. The van der Waals surface area contributed by atoms with Gasteiger partial charge in [0.25, 0.3) is 0 Å². The van der Waals surface area contributed by atoms with Gasteiger partial charge in [0, 0.05) is 6.54 Å². The molecule has 0 aromatic carbocycles. The number of likely N-dealkylation sites (N-methyl/N-ethyl adjacent to an activating group) is 1. The molecule has 1 atom stereocenters. The Kier molecular flexibility index (Phi) is 2.24. The molecule has 11 heavy (non-hydrogen) atoms. The van der Waals surface area contributed by atoms with Crippen LogP contribution in [0.1, 0.15) is 6.92 Å². The number of amides is 1. The van der Waals surface area contributed by atoms with E-state index in [1.165, 1.54) is 6.92 Å². The van der Waals surface area contributed by atoms with Crippen molar-refractivity contribution in [3.05, 3.63) is 0 Å². The lowest BCUT2D eigenvalue weighted by molar-refractivity contribution is -0.130. The zero-order valence-electron chi connectivity index (χ0n) is 6.76. The summed E-state index contributed by atoms with van der Waals surface area (Å²) in [6, 6.07) is -0.304. The van der Waals surface area contributed by atoms with E-state index >= 15 is 0 Å². The van der Waals surface area contributed by atoms with Gasteiger partial charge in [-0.3, -0.25) is 14.5 Å². The maximum absolute atomic E-state index is 10.9. The third kappa shape index (κ3) is 2.01. The van der Waals surface area contributed by atoms with Gasteiger partial charge in [0.15, 0.2) is 5.78 Å². The monoisotopic (exact) mass is 156 g/mol. The zero-order chi connectivity index (χ0) is 8.43. The Balaban J connectivity index is 2.56. The smallest absolute Gasteiger partial charge is 0.234 e. The summed E-state index contributed by atoms with van der Waals surface area (Å²) in [5.41, 5.74) is 0. The predicted molar refractivity (Wildman–Crippen MR) is 40.1 cm³/mol. The molecule has 1 unspecified atom stereocenters. The number of Topliss-reactive ketones (excluding diaryl/α,β-unsaturated/α-hetero) is 1. The van der Waals surface area contributed by atoms with Crippen LogP contribution in [0.5, 0.6) is 0 Å². The highest BCUT2D eigenvalue weighted by atomic mass is 16.2. The van der Waals surface area contributed by atoms with Gasteiger partial charge in [-0.2, -0.15) is 0 Å². The number of carbonyl (C=O) groups is 2. The molecule has 0 spiro atoms. The summed E-state index contributed by atoms with van der Waals surface area (Å²) in [6.45, 7) is 2.51. The van der Waals surface area contributed by atoms with Crippen LogP contribution in [0, 0.1) is 0 Å². The van der Waals surface area contributed by atoms with Crippen molar-refractivity contribution >= 4 is 11.7 Å². The minimum Gasteiger partial charge on any atom is -0.344 e. The highest BCUT2D eigenvalue weighted by molar-refractivity contribution is 5.89. The average Bonchev–Trinajstić information content (AvgIpc) is 1.85. The average molecular weight is 156 g/mol. The van der Waals surface area contributed by atoms with Gasteiger partial charge in [-0.1, -0.05) is 0 Å². The van der Waals surface area contributed by atoms with Crippen molar-refractivity contribution in [3.8, 4) is 0 Å². The van der Waals surface area contributed by atoms with Crippen LogP contribution in [-0.4, -0.2) is 42.8 Å². The molecular formula is C7H12N2O2. The molecule has 1 saturated heterocycles. The van der Waals surface area contributed by atoms with E-state index in [4.69, 9.17) is 0 Å². The zero-order valence-corrected chi connectivity index (χ0v) is 6.76. The van der Waals surface area contributed by atoms with E-state index in [0.29, 0.717) is 13.1 Å². The van der Waals surface area contributed by atoms with Crippen LogP contribution in [-0.2, 0) is 9.59 Å². The lowest BCUT2D eigenvalue weighted by Crippen LogP contribution is -2.55. The number of hydrogen-bond acceptors (Lipinski definition) is 3. The number of rotatable bonds is 1. The highest BCUT2D eigenvalue weighted by Crippen LogP contribution is 1.97. The van der Waals surface area contributed by atoms with Crippen LogP contribution in [0.3, 0.4) is 0 Å². The minimum absolute atomic E-state index is 0.0184. The van der Waals surface area contributed by atoms with E-state index in [9.17, 15) is 9.59 Å². The fourth-order valence-corrected chi connectivity index (χ4v) is 1.14. The molecule has 0 aliphatic carbocycles. The Labute approximate surface area is 65.6 Å². The lowest BCUT2D eigenvalue weighted by atomic mass is 10.1. The first-order valence-corrected chi connectivity index (χ1v) is 3.58. The molecule has 0 aromatic rings. The topological polar surface area (TPSA) is 49.4 Å². The fraction of sp³-hybridized carbons (Fsp3) is 0.714. The third-order valence-electron chi connectivity index (χ3n) is 1.73. The molecule has 0 aromatic heterocycles. The van der Waals surface area contributed by atoms with Crippen molar-refractivity contribution in [2.24, 2.45) is 0 Å². The van der Waals surface area contributed by atoms with Crippen LogP contribution in [0.15, 0.2) is 0 Å². The van der Waals surface area contributed by atoms with Gasteiger partial charge < -0.3 is 5.32 Å². The Hall–Kier alpha value is -0.900. The van der Waals surface area contributed by atoms with Crippen LogP contribution in [0.25, 0.3) is 0 Å². The third-order valence-corrected chi connectivity index (χ3v) is 1.73. The molecule has 4 nitrogen and oxygen atoms in total. The van der Waals surface area contributed by atoms with Crippen molar-refractivity contribution in [2.45, 2.75) is 13.0 Å². The van der Waals surface area contributed by atoms with E-state index in [-0.39, 0.29) is 17.7 Å². The van der Waals surface area contributed by atoms with Gasteiger partial charge in [0.1, 0.15) is 0 Å². The van der Waals surface area contributed by atoms with Crippen LogP contribution >= 0.6 is 0 Å². The highest BCUT2D eigenvalue weighted by Gasteiger charge is 2.24. The number of ketones is 1. The molecule has 62 valence electrons. The normalized spacial score (nSPS) is 26.4. The van der Waals surface area contributed by atoms with Crippen LogP contribution in [0.2, 0.25) is 0 Å². The number of nitrogens with zero attached hydrogens (tertiary/aromatic N) is 1. The second-order valence-corrected chi connectivity index (χ2v) is 2.93. The summed E-state index contributed by atoms with van der Waals surface area (Å²) < 4.78 is 0. The summed E-state index contributed by atoms with van der Waals surface area (Å²) in [5.74, 6) is -0.0520. The van der Waals surface area contributed by atoms with Gasteiger partial charge in [-0.15, -0.1) is 0 Å². The van der Waals surface area contributed by atoms with E-state index in [0.717, 1.165) is 0 Å². The molecule has 0 bridgehead atoms. The fourth-order valence-electron chi connectivity index (χ4n) is 1.14. The summed E-state index contributed by atoms with van der Waals surface area (Å²) in [7, 11) is 1.83. The second-order valence-electron chi connectivity index (χ2n) is 2.93. The summed E-state index contributed by atoms with van der Waals surface area (Å²) in [5, 5.41) is 2.62. The molecule has 1 fully saturated rings. The van der Waals surface area contributed by atoms with Crippen molar-refractivity contribution in [1.82, 2.24) is 10.2 Å². The molecule has 1 heterocycles. The first kappa shape index (κ1) is 8.20. The predicted octanol–water partition coefficient (Wildman–Crippen LogP) is -0.994. The number of carbonyl (C=O) groups excluding carboxylic acids is 2. The molecule has 1 aliphatic rings. The quantitative estimate of drug-likeness (QED) is 0.530. The lowest BCUT2D eigenvalue weighted by Gasteiger charge is -2.28. The Morgan fingerprint density at radius 1 is 1.73 bits per heavy atom. The summed E-state index contributed by atoms with van der Waals surface area (Å²) in [6.07, 6.45) is 0. The first-order chi connectivity index (χ1) is 5.09. The first-order valence-electron chi connectivity index (χ1n) is 3.58. The maximum Gasteiger partial charge on any atom is 0.234 e. The van der Waals surface area contributed by atoms with Gasteiger partial charge in [0.2, 0.25) is 5.91 Å². The molecule has 0 radical (unpaired) electrons. The summed E-state index contributed by atoms with van der Waals surface area (Å²) >= 11 is 0. The van der Waals surface area contributed by atoms with Gasteiger partial charge >= 0.3 is 0 Å². The van der Waals surface area contributed by atoms with Gasteiger partial charge in [-0.25, -0.2) is 0 Å².